The number of rotatable bonds is 8. The molecule has 0 aromatic carbocycles. The molecule has 0 unspecified atom stereocenters. The summed E-state index contributed by atoms with van der Waals surface area (Å²) in [5.41, 5.74) is 1.55. The average molecular weight is 335 g/mol. The summed E-state index contributed by atoms with van der Waals surface area (Å²) in [5.74, 6) is -0.103. The van der Waals surface area contributed by atoms with Crippen molar-refractivity contribution in [3.63, 3.8) is 0 Å². The second-order valence-corrected chi connectivity index (χ2v) is 5.82. The van der Waals surface area contributed by atoms with Crippen molar-refractivity contribution in [1.82, 2.24) is 15.3 Å². The maximum absolute atomic E-state index is 12.2. The van der Waals surface area contributed by atoms with Gasteiger partial charge >= 0.3 is 0 Å². The minimum atomic E-state index is -0.455. The summed E-state index contributed by atoms with van der Waals surface area (Å²) in [7, 11) is 3.12. The molecule has 0 aliphatic heterocycles. The normalized spacial score (nSPS) is 12.3. The number of carbonyl (C=O) groups is 1. The highest BCUT2D eigenvalue weighted by Gasteiger charge is 2.21. The Morgan fingerprint density at radius 1 is 1.35 bits per heavy atom. The van der Waals surface area contributed by atoms with Gasteiger partial charge in [-0.1, -0.05) is 13.0 Å². The van der Waals surface area contributed by atoms with Gasteiger partial charge in [0.1, 0.15) is 5.01 Å². The molecule has 2 aromatic rings. The number of hydrogen-bond donors (Lipinski definition) is 1. The standard InChI is InChI=1S/C16H21N3O3S/c1-4-12(16(21-2)22-3)19-14(20)9-11-10-23-15(18-11)13-7-5-6-8-17-13/h5-8,10,12,16H,4,9H2,1-3H3,(H,19,20)/t12-/m0/s1. The van der Waals surface area contributed by atoms with E-state index in [1.807, 2.05) is 30.5 Å². The van der Waals surface area contributed by atoms with E-state index in [9.17, 15) is 4.79 Å². The minimum Gasteiger partial charge on any atom is -0.354 e. The number of thiazole rings is 1. The Morgan fingerprint density at radius 2 is 2.13 bits per heavy atom. The molecule has 1 atom stereocenters. The molecule has 0 aliphatic carbocycles. The number of amides is 1. The van der Waals surface area contributed by atoms with Crippen LogP contribution in [0.2, 0.25) is 0 Å². The van der Waals surface area contributed by atoms with E-state index in [1.165, 1.54) is 11.3 Å². The SMILES string of the molecule is CC[C@H](NC(=O)Cc1csc(-c2ccccn2)n1)C(OC)OC. The molecule has 23 heavy (non-hydrogen) atoms. The van der Waals surface area contributed by atoms with Crippen LogP contribution in [0.1, 0.15) is 19.0 Å². The number of nitrogens with one attached hydrogen (secondary N) is 1. The second-order valence-electron chi connectivity index (χ2n) is 4.96. The first kappa shape index (κ1) is 17.5. The quantitative estimate of drug-likeness (QED) is 0.749. The van der Waals surface area contributed by atoms with Crippen LogP contribution in [0, 0.1) is 0 Å². The van der Waals surface area contributed by atoms with Crippen LogP contribution in [0.4, 0.5) is 0 Å². The van der Waals surface area contributed by atoms with Crippen molar-refractivity contribution >= 4 is 17.2 Å². The summed E-state index contributed by atoms with van der Waals surface area (Å²) in [6, 6.07) is 5.49. The number of nitrogens with zero attached hydrogens (tertiary/aromatic N) is 2. The first-order valence-electron chi connectivity index (χ1n) is 7.38. The second kappa shape index (κ2) is 8.71. The van der Waals surface area contributed by atoms with Crippen molar-refractivity contribution in [2.45, 2.75) is 32.1 Å². The molecule has 0 radical (unpaired) electrons. The van der Waals surface area contributed by atoms with Crippen LogP contribution < -0.4 is 5.32 Å². The summed E-state index contributed by atoms with van der Waals surface area (Å²) in [4.78, 5) is 20.9. The number of hydrogen-bond acceptors (Lipinski definition) is 6. The van der Waals surface area contributed by atoms with Crippen LogP contribution in [0.15, 0.2) is 29.8 Å². The number of ether oxygens (including phenoxy) is 2. The third-order valence-electron chi connectivity index (χ3n) is 3.36. The summed E-state index contributed by atoms with van der Waals surface area (Å²) in [6.45, 7) is 1.97. The van der Waals surface area contributed by atoms with Crippen molar-refractivity contribution in [3.8, 4) is 10.7 Å². The average Bonchev–Trinajstić information content (AvgIpc) is 3.04. The van der Waals surface area contributed by atoms with Crippen molar-refractivity contribution in [2.24, 2.45) is 0 Å². The van der Waals surface area contributed by atoms with E-state index in [-0.39, 0.29) is 18.4 Å². The van der Waals surface area contributed by atoms with Gasteiger partial charge in [0.25, 0.3) is 0 Å². The van der Waals surface area contributed by atoms with Crippen LogP contribution in [-0.4, -0.2) is 42.4 Å². The van der Waals surface area contributed by atoms with Gasteiger partial charge in [-0.05, 0) is 18.6 Å². The van der Waals surface area contributed by atoms with E-state index in [2.05, 4.69) is 15.3 Å². The summed E-state index contributed by atoms with van der Waals surface area (Å²) in [6.07, 6.45) is 2.21. The molecule has 0 spiro atoms. The van der Waals surface area contributed by atoms with Crippen LogP contribution in [0.5, 0.6) is 0 Å². The molecule has 6 nitrogen and oxygen atoms in total. The van der Waals surface area contributed by atoms with Gasteiger partial charge in [-0.25, -0.2) is 4.98 Å². The van der Waals surface area contributed by atoms with E-state index >= 15 is 0 Å². The van der Waals surface area contributed by atoms with E-state index in [0.29, 0.717) is 6.42 Å². The monoisotopic (exact) mass is 335 g/mol. The highest BCUT2D eigenvalue weighted by molar-refractivity contribution is 7.13. The summed E-state index contributed by atoms with van der Waals surface area (Å²) < 4.78 is 10.4. The zero-order valence-corrected chi connectivity index (χ0v) is 14.3. The Labute approximate surface area is 139 Å². The van der Waals surface area contributed by atoms with Gasteiger partial charge < -0.3 is 14.8 Å². The lowest BCUT2D eigenvalue weighted by atomic mass is 10.2. The Hall–Kier alpha value is -1.83. The van der Waals surface area contributed by atoms with E-state index in [1.54, 1.807) is 20.4 Å². The molecule has 2 rings (SSSR count). The molecule has 2 aromatic heterocycles. The first-order chi connectivity index (χ1) is 11.2. The lowest BCUT2D eigenvalue weighted by Gasteiger charge is -2.24. The molecule has 7 heteroatoms. The van der Waals surface area contributed by atoms with Gasteiger partial charge in [-0.15, -0.1) is 11.3 Å². The van der Waals surface area contributed by atoms with Crippen molar-refractivity contribution in [2.75, 3.05) is 14.2 Å². The molecule has 0 bridgehead atoms. The van der Waals surface area contributed by atoms with Crippen molar-refractivity contribution in [3.05, 3.63) is 35.5 Å². The fraction of sp³-hybridized carbons (Fsp3) is 0.438. The topological polar surface area (TPSA) is 73.3 Å². The number of aromatic nitrogens is 2. The molecule has 1 amide bonds. The molecule has 0 saturated heterocycles. The number of pyridine rings is 1. The fourth-order valence-corrected chi connectivity index (χ4v) is 3.00. The van der Waals surface area contributed by atoms with E-state index in [4.69, 9.17) is 9.47 Å². The van der Waals surface area contributed by atoms with Gasteiger partial charge in [-0.3, -0.25) is 9.78 Å². The third kappa shape index (κ3) is 4.82. The Kier molecular flexibility index (Phi) is 6.64. The molecule has 1 N–H and O–H groups in total. The molecule has 0 saturated carbocycles. The largest absolute Gasteiger partial charge is 0.354 e. The Morgan fingerprint density at radius 3 is 2.74 bits per heavy atom. The smallest absolute Gasteiger partial charge is 0.226 e. The molecule has 2 heterocycles. The van der Waals surface area contributed by atoms with E-state index < -0.39 is 6.29 Å². The van der Waals surface area contributed by atoms with Crippen LogP contribution in [0.25, 0.3) is 10.7 Å². The summed E-state index contributed by atoms with van der Waals surface area (Å²) in [5, 5.41) is 5.62. The zero-order valence-electron chi connectivity index (χ0n) is 13.5. The maximum atomic E-state index is 12.2. The van der Waals surface area contributed by atoms with Crippen molar-refractivity contribution in [1.29, 1.82) is 0 Å². The molecule has 124 valence electrons. The minimum absolute atomic E-state index is 0.103. The Balaban J connectivity index is 1.97. The predicted molar refractivity (Wildman–Crippen MR) is 89.1 cm³/mol. The van der Waals surface area contributed by atoms with Crippen LogP contribution >= 0.6 is 11.3 Å². The highest BCUT2D eigenvalue weighted by atomic mass is 32.1. The van der Waals surface area contributed by atoms with Gasteiger partial charge in [0.15, 0.2) is 6.29 Å². The van der Waals surface area contributed by atoms with Crippen molar-refractivity contribution < 1.29 is 14.3 Å². The van der Waals surface area contributed by atoms with Gasteiger partial charge in [0, 0.05) is 25.8 Å². The van der Waals surface area contributed by atoms with Crippen LogP contribution in [0.3, 0.4) is 0 Å². The number of methoxy groups -OCH3 is 2. The zero-order chi connectivity index (χ0) is 16.7. The first-order valence-corrected chi connectivity index (χ1v) is 8.26. The maximum Gasteiger partial charge on any atom is 0.226 e. The Bertz CT molecular complexity index is 614. The highest BCUT2D eigenvalue weighted by Crippen LogP contribution is 2.21. The molecule has 0 fully saturated rings. The lowest BCUT2D eigenvalue weighted by molar-refractivity contribution is -0.137. The van der Waals surface area contributed by atoms with Gasteiger partial charge in [0.2, 0.25) is 5.91 Å². The molecule has 0 aliphatic rings. The predicted octanol–water partition coefficient (Wildman–Crippen LogP) is 2.26. The number of carbonyl (C=O) groups excluding carboxylic acids is 1. The van der Waals surface area contributed by atoms with Crippen LogP contribution in [-0.2, 0) is 20.7 Å². The molecular weight excluding hydrogens is 314 g/mol. The summed E-state index contributed by atoms with van der Waals surface area (Å²) >= 11 is 1.48. The van der Waals surface area contributed by atoms with Gasteiger partial charge in [-0.2, -0.15) is 0 Å². The fourth-order valence-electron chi connectivity index (χ4n) is 2.20. The van der Waals surface area contributed by atoms with Gasteiger partial charge in [0.05, 0.1) is 23.9 Å². The third-order valence-corrected chi connectivity index (χ3v) is 4.27. The molecular formula is C16H21N3O3S. The lowest BCUT2D eigenvalue weighted by Crippen LogP contribution is -2.45. The van der Waals surface area contributed by atoms with E-state index in [0.717, 1.165) is 16.4 Å².